The quantitative estimate of drug-likeness (QED) is 0.309. The Kier molecular flexibility index (Phi) is 10.5. The van der Waals surface area contributed by atoms with Crippen molar-refractivity contribution in [2.24, 2.45) is 0 Å². The highest BCUT2D eigenvalue weighted by Gasteiger charge is 2.61. The molecule has 0 aliphatic carbocycles. The highest BCUT2D eigenvalue weighted by molar-refractivity contribution is 8.06. The predicted molar refractivity (Wildman–Crippen MR) is 90.9 cm³/mol. The Morgan fingerprint density at radius 2 is 0.806 bits per heavy atom. The van der Waals surface area contributed by atoms with Crippen LogP contribution in [0, 0.1) is 31.8 Å². The van der Waals surface area contributed by atoms with E-state index < -0.39 is 20.5 Å². The van der Waals surface area contributed by atoms with Crippen LogP contribution in [-0.4, -0.2) is 10.5 Å². The minimum atomic E-state index is -4.94. The molecule has 2 atom stereocenters. The monoisotopic (exact) mass is 511 g/mol. The average molecular weight is 512 g/mol. The highest BCUT2D eigenvalue weighted by atomic mass is 35.7. The number of rotatable bonds is 0. The van der Waals surface area contributed by atoms with E-state index >= 15 is 0 Å². The van der Waals surface area contributed by atoms with E-state index in [0.29, 0.717) is 21.8 Å². The second kappa shape index (κ2) is 11.7. The fourth-order valence-corrected chi connectivity index (χ4v) is 9.67. The molecule has 2 aromatic rings. The highest BCUT2D eigenvalue weighted by Crippen LogP contribution is 2.52. The summed E-state index contributed by atoms with van der Waals surface area (Å²) in [6.45, 7) is 6.32. The van der Waals surface area contributed by atoms with Gasteiger partial charge in [0.15, 0.2) is 10.5 Å². The van der Waals surface area contributed by atoms with Crippen LogP contribution in [0.2, 0.25) is 0 Å². The number of nitrogens with zero attached hydrogens (tertiary/aromatic N) is 1. The summed E-state index contributed by atoms with van der Waals surface area (Å²) >= 11 is 0. The molecule has 170 valence electrons. The van der Waals surface area contributed by atoms with E-state index in [1.807, 2.05) is 0 Å². The molecule has 0 saturated heterocycles. The van der Waals surface area contributed by atoms with Gasteiger partial charge in [-0.25, -0.2) is 37.3 Å². The van der Waals surface area contributed by atoms with Gasteiger partial charge in [-0.1, -0.05) is 24.3 Å². The van der Waals surface area contributed by atoms with Crippen molar-refractivity contribution in [1.29, 1.82) is 5.26 Å². The van der Waals surface area contributed by atoms with E-state index in [0.717, 1.165) is 10.5 Å². The van der Waals surface area contributed by atoms with Crippen molar-refractivity contribution in [2.75, 3.05) is 0 Å². The van der Waals surface area contributed by atoms with Crippen LogP contribution in [0.25, 0.3) is 0 Å². The summed E-state index contributed by atoms with van der Waals surface area (Å²) in [6.07, 6.45) is 0. The van der Waals surface area contributed by atoms with Crippen molar-refractivity contribution >= 4 is 21.8 Å². The molecule has 0 fully saturated rings. The lowest BCUT2D eigenvalue weighted by Crippen LogP contribution is -2.68. The second-order valence-electron chi connectivity index (χ2n) is 5.96. The van der Waals surface area contributed by atoms with Crippen molar-refractivity contribution in [2.45, 2.75) is 50.9 Å². The molecule has 5 rings (SSSR count). The number of halogens is 2. The number of fused-ring (bicyclic) bond motifs is 1. The van der Waals surface area contributed by atoms with Gasteiger partial charge < -0.3 is 0 Å². The van der Waals surface area contributed by atoms with Gasteiger partial charge in [-0.15, -0.1) is 20.5 Å². The predicted octanol–water partition coefficient (Wildman–Crippen LogP) is -5.12. The van der Waals surface area contributed by atoms with E-state index in [4.69, 9.17) is 42.5 Å². The normalized spacial score (nSPS) is 22.6. The zero-order valence-corrected chi connectivity index (χ0v) is 19.7. The maximum atomic E-state index is 8.49. The fourth-order valence-electron chi connectivity index (χ4n) is 3.05. The van der Waals surface area contributed by atoms with Crippen LogP contribution in [0.4, 0.5) is 0 Å². The van der Waals surface area contributed by atoms with Gasteiger partial charge in [0.05, 0.1) is 27.9 Å². The molecule has 0 aromatic heterocycles. The van der Waals surface area contributed by atoms with Crippen LogP contribution in [-0.2, 0) is 21.8 Å². The van der Waals surface area contributed by atoms with Crippen molar-refractivity contribution in [3.05, 3.63) is 48.5 Å². The molecular weight excluding hydrogens is 493 g/mol. The Morgan fingerprint density at radius 1 is 0.645 bits per heavy atom. The van der Waals surface area contributed by atoms with Gasteiger partial charge in [0, 0.05) is 6.92 Å². The molecule has 2 bridgehead atoms. The van der Waals surface area contributed by atoms with Crippen molar-refractivity contribution in [3.63, 3.8) is 0 Å². The molecule has 9 nitrogen and oxygen atoms in total. The van der Waals surface area contributed by atoms with Gasteiger partial charge in [-0.3, -0.25) is 0 Å². The molecular formula is C18H19Cl2NO8S2. The maximum absolute atomic E-state index is 8.49. The molecule has 0 spiro atoms. The Labute approximate surface area is 190 Å². The lowest BCUT2D eigenvalue weighted by molar-refractivity contribution is -2.00. The first-order valence-electron chi connectivity index (χ1n) is 8.39. The first-order chi connectivity index (χ1) is 14.2. The van der Waals surface area contributed by atoms with Crippen LogP contribution in [0.1, 0.15) is 20.8 Å². The maximum Gasteiger partial charge on any atom is 0.216 e. The van der Waals surface area contributed by atoms with Gasteiger partial charge in [0.1, 0.15) is 0 Å². The molecule has 0 N–H and O–H groups in total. The lowest BCUT2D eigenvalue weighted by atomic mass is 10.3. The number of benzene rings is 2. The van der Waals surface area contributed by atoms with Gasteiger partial charge in [0.2, 0.25) is 19.6 Å². The zero-order valence-electron chi connectivity index (χ0n) is 16.6. The van der Waals surface area contributed by atoms with E-state index in [2.05, 4.69) is 62.4 Å². The smallest absolute Gasteiger partial charge is 0.216 e. The van der Waals surface area contributed by atoms with Crippen LogP contribution in [0.3, 0.4) is 0 Å². The van der Waals surface area contributed by atoms with Crippen LogP contribution < -0.4 is 37.3 Å². The van der Waals surface area contributed by atoms with Crippen molar-refractivity contribution in [3.8, 4) is 6.07 Å². The Bertz CT molecular complexity index is 776. The third-order valence-electron chi connectivity index (χ3n) is 4.05. The van der Waals surface area contributed by atoms with Crippen molar-refractivity contribution in [1.82, 2.24) is 0 Å². The standard InChI is InChI=1S/C16H16S2.C2H3N.2ClHO4/c1-11-12(2)18-15-9-5-3-7-13(15)17(11)14-8-4-6-10-16(14)18;1-2-3;2*2-1(3,4)5/h3-12H,1-2H3;1H3;2*(H,2,3,4,5)/q+2;;;/p-2/t11-,12-,17?,18?;;;/m0.../s1. The largest absolute Gasteiger partial charge is 0.222 e. The number of hydrogen-bond donors (Lipinski definition) is 0. The summed E-state index contributed by atoms with van der Waals surface area (Å²) in [5.41, 5.74) is 0. The molecule has 2 aromatic carbocycles. The van der Waals surface area contributed by atoms with Gasteiger partial charge in [0.25, 0.3) is 0 Å². The lowest BCUT2D eigenvalue weighted by Gasteiger charge is -2.32. The first-order valence-corrected chi connectivity index (χ1v) is 13.4. The summed E-state index contributed by atoms with van der Waals surface area (Å²) in [5.74, 6) is 0. The van der Waals surface area contributed by atoms with Crippen molar-refractivity contribution < 1.29 is 57.8 Å². The van der Waals surface area contributed by atoms with Crippen LogP contribution in [0.5, 0.6) is 0 Å². The van der Waals surface area contributed by atoms with E-state index in [-0.39, 0.29) is 0 Å². The Balaban J connectivity index is 0.000000309. The summed E-state index contributed by atoms with van der Waals surface area (Å²) in [5, 5.41) is 8.90. The molecule has 31 heavy (non-hydrogen) atoms. The molecule has 13 heteroatoms. The molecule has 3 aliphatic rings. The molecule has 0 amide bonds. The summed E-state index contributed by atoms with van der Waals surface area (Å²) < 4.78 is 67.9. The topological polar surface area (TPSA) is 208 Å². The second-order valence-corrected chi connectivity index (χ2v) is 12.1. The minimum Gasteiger partial charge on any atom is -0.222 e. The fraction of sp³-hybridized carbons (Fsp3) is 0.278. The van der Waals surface area contributed by atoms with Gasteiger partial charge in [-0.05, 0) is 38.1 Å². The average Bonchev–Trinajstić information content (AvgIpc) is 2.62. The van der Waals surface area contributed by atoms with E-state index in [1.54, 1.807) is 25.7 Å². The Hall–Kier alpha value is -1.11. The number of hydrogen-bond acceptors (Lipinski definition) is 9. The molecule has 0 unspecified atom stereocenters. The zero-order chi connectivity index (χ0) is 24.0. The third kappa shape index (κ3) is 8.74. The number of nitriles is 1. The summed E-state index contributed by atoms with van der Waals surface area (Å²) in [4.78, 5) is 6.46. The molecule has 0 radical (unpaired) electrons. The molecule has 3 heterocycles. The molecule has 3 aliphatic heterocycles. The SMILES string of the molecule is CC#N.C[C@H]1[C@H](C)[S+]2c3ccccc3[S+]1c1ccccc12.[O-][Cl+3]([O-])([O-])[O-].[O-][Cl+3]([O-])([O-])[O-]. The van der Waals surface area contributed by atoms with E-state index in [1.165, 1.54) is 6.92 Å². The summed E-state index contributed by atoms with van der Waals surface area (Å²) in [7, 11) is -9.30. The summed E-state index contributed by atoms with van der Waals surface area (Å²) in [6, 6.07) is 20.0. The Morgan fingerprint density at radius 3 is 0.968 bits per heavy atom. The van der Waals surface area contributed by atoms with E-state index in [9.17, 15) is 0 Å². The minimum absolute atomic E-state index is 0.297. The van der Waals surface area contributed by atoms with Gasteiger partial charge in [-0.2, -0.15) is 5.26 Å². The van der Waals surface area contributed by atoms with Crippen LogP contribution >= 0.6 is 0 Å². The molecule has 0 saturated carbocycles. The first kappa shape index (κ1) is 27.9. The third-order valence-corrected chi connectivity index (χ3v) is 10.1. The van der Waals surface area contributed by atoms with Crippen LogP contribution in [0.15, 0.2) is 68.1 Å². The van der Waals surface area contributed by atoms with Gasteiger partial charge >= 0.3 is 0 Å².